The molecule has 0 radical (unpaired) electrons. The first kappa shape index (κ1) is 26.7. The lowest BCUT2D eigenvalue weighted by Gasteiger charge is -2.26. The minimum atomic E-state index is 0.833. The highest BCUT2D eigenvalue weighted by Crippen LogP contribution is 2.46. The maximum Gasteiger partial charge on any atom is 0.159 e. The number of fused-ring (bicyclic) bond motifs is 7. The fourth-order valence-electron chi connectivity index (χ4n) is 7.23. The van der Waals surface area contributed by atoms with E-state index < -0.39 is 0 Å². The van der Waals surface area contributed by atoms with Crippen molar-refractivity contribution >= 4 is 71.8 Å². The standard InChI is InChI=1S/C44H28N2O2/c1-2-12-29(13-3-1)37-28-45(38-19-7-4-14-32(37)38)30-24-26-31(27-25-30)46(39-20-10-17-35-33-15-5-8-22-41(33)47-43(35)39)40-21-11-18-36-34-16-6-9-23-42(34)48-44(36)40/h1-28H. The Balaban J connectivity index is 1.19. The molecule has 0 saturated carbocycles. The molecule has 0 aliphatic rings. The molecule has 0 bridgehead atoms. The fraction of sp³-hybridized carbons (Fsp3) is 0. The third-order valence-corrected chi connectivity index (χ3v) is 9.43. The van der Waals surface area contributed by atoms with Crippen molar-refractivity contribution in [2.45, 2.75) is 0 Å². The Morgan fingerprint density at radius 2 is 0.938 bits per heavy atom. The molecular weight excluding hydrogens is 588 g/mol. The Morgan fingerprint density at radius 3 is 1.56 bits per heavy atom. The second-order valence-corrected chi connectivity index (χ2v) is 12.2. The quantitative estimate of drug-likeness (QED) is 0.193. The monoisotopic (exact) mass is 616 g/mol. The van der Waals surface area contributed by atoms with Crippen LogP contribution in [-0.4, -0.2) is 4.57 Å². The van der Waals surface area contributed by atoms with Gasteiger partial charge in [0, 0.05) is 50.1 Å². The largest absolute Gasteiger partial charge is 0.454 e. The molecule has 4 nitrogen and oxygen atoms in total. The number of nitrogens with zero attached hydrogens (tertiary/aromatic N) is 2. The van der Waals surface area contributed by atoms with Gasteiger partial charge < -0.3 is 18.3 Å². The first-order valence-electron chi connectivity index (χ1n) is 16.2. The van der Waals surface area contributed by atoms with Crippen LogP contribution in [0.4, 0.5) is 17.1 Å². The van der Waals surface area contributed by atoms with Crippen LogP contribution >= 0.6 is 0 Å². The Labute approximate surface area is 276 Å². The topological polar surface area (TPSA) is 34.5 Å². The molecular formula is C44H28N2O2. The Morgan fingerprint density at radius 1 is 0.417 bits per heavy atom. The van der Waals surface area contributed by atoms with E-state index in [1.54, 1.807) is 0 Å². The molecule has 226 valence electrons. The highest BCUT2D eigenvalue weighted by atomic mass is 16.3. The van der Waals surface area contributed by atoms with E-state index in [2.05, 4.69) is 155 Å². The molecule has 3 heterocycles. The predicted octanol–water partition coefficient (Wildman–Crippen LogP) is 12.6. The lowest BCUT2D eigenvalue weighted by Crippen LogP contribution is -2.10. The van der Waals surface area contributed by atoms with E-state index in [4.69, 9.17) is 8.83 Å². The number of hydrogen-bond donors (Lipinski definition) is 0. The molecule has 0 atom stereocenters. The molecule has 0 aliphatic heterocycles. The van der Waals surface area contributed by atoms with E-state index in [0.717, 1.165) is 66.6 Å². The van der Waals surface area contributed by atoms with Crippen LogP contribution in [0.25, 0.3) is 71.6 Å². The van der Waals surface area contributed by atoms with Crippen molar-refractivity contribution in [2.75, 3.05) is 4.90 Å². The number of hydrogen-bond acceptors (Lipinski definition) is 3. The maximum absolute atomic E-state index is 6.59. The zero-order chi connectivity index (χ0) is 31.6. The summed E-state index contributed by atoms with van der Waals surface area (Å²) in [6.45, 7) is 0. The van der Waals surface area contributed by atoms with Gasteiger partial charge in [0.25, 0.3) is 0 Å². The second-order valence-electron chi connectivity index (χ2n) is 12.2. The Bertz CT molecular complexity index is 2670. The minimum absolute atomic E-state index is 0.833. The SMILES string of the molecule is c1ccc(-c2cn(-c3ccc(N(c4cccc5c4oc4ccccc45)c4cccc5c4oc4ccccc45)cc3)c3ccccc23)cc1. The van der Waals surface area contributed by atoms with E-state index in [9.17, 15) is 0 Å². The zero-order valence-corrected chi connectivity index (χ0v) is 25.9. The van der Waals surface area contributed by atoms with Gasteiger partial charge >= 0.3 is 0 Å². The van der Waals surface area contributed by atoms with Crippen molar-refractivity contribution in [3.8, 4) is 16.8 Å². The van der Waals surface area contributed by atoms with Gasteiger partial charge in [0.2, 0.25) is 0 Å². The third-order valence-electron chi connectivity index (χ3n) is 9.43. The lowest BCUT2D eigenvalue weighted by atomic mass is 10.1. The molecule has 0 N–H and O–H groups in total. The Kier molecular flexibility index (Phi) is 5.84. The van der Waals surface area contributed by atoms with Crippen molar-refractivity contribution < 1.29 is 8.83 Å². The van der Waals surface area contributed by atoms with Gasteiger partial charge in [-0.3, -0.25) is 0 Å². The second kappa shape index (κ2) is 10.5. The van der Waals surface area contributed by atoms with Gasteiger partial charge in [-0.15, -0.1) is 0 Å². The van der Waals surface area contributed by atoms with E-state index in [1.165, 1.54) is 22.0 Å². The molecule has 0 spiro atoms. The summed E-state index contributed by atoms with van der Waals surface area (Å²) in [5.41, 5.74) is 11.0. The zero-order valence-electron chi connectivity index (χ0n) is 25.9. The van der Waals surface area contributed by atoms with E-state index in [1.807, 2.05) is 24.3 Å². The summed E-state index contributed by atoms with van der Waals surface area (Å²) in [7, 11) is 0. The average molecular weight is 617 g/mol. The molecule has 0 fully saturated rings. The van der Waals surface area contributed by atoms with Crippen LogP contribution in [0.1, 0.15) is 0 Å². The molecule has 3 aromatic heterocycles. The lowest BCUT2D eigenvalue weighted by molar-refractivity contribution is 0.666. The maximum atomic E-state index is 6.59. The number of anilines is 3. The van der Waals surface area contributed by atoms with Crippen LogP contribution in [0, 0.1) is 0 Å². The first-order chi connectivity index (χ1) is 23.8. The van der Waals surface area contributed by atoms with Crippen molar-refractivity contribution in [3.63, 3.8) is 0 Å². The number of benzene rings is 7. The van der Waals surface area contributed by atoms with Gasteiger partial charge in [-0.1, -0.05) is 109 Å². The number of aromatic nitrogens is 1. The van der Waals surface area contributed by atoms with Crippen LogP contribution in [0.5, 0.6) is 0 Å². The molecule has 4 heteroatoms. The van der Waals surface area contributed by atoms with Crippen molar-refractivity contribution in [1.29, 1.82) is 0 Å². The summed E-state index contributed by atoms with van der Waals surface area (Å²) in [4.78, 5) is 2.27. The number of rotatable bonds is 5. The molecule has 0 amide bonds. The summed E-state index contributed by atoms with van der Waals surface area (Å²) in [5, 5.41) is 5.57. The predicted molar refractivity (Wildman–Crippen MR) is 198 cm³/mol. The summed E-state index contributed by atoms with van der Waals surface area (Å²) in [6, 6.07) is 57.2. The van der Waals surface area contributed by atoms with Crippen molar-refractivity contribution in [2.24, 2.45) is 0 Å². The van der Waals surface area contributed by atoms with E-state index in [0.29, 0.717) is 0 Å². The summed E-state index contributed by atoms with van der Waals surface area (Å²) in [5.74, 6) is 0. The third kappa shape index (κ3) is 4.03. The molecule has 48 heavy (non-hydrogen) atoms. The summed E-state index contributed by atoms with van der Waals surface area (Å²) in [6.07, 6.45) is 2.25. The normalized spacial score (nSPS) is 11.8. The van der Waals surface area contributed by atoms with Gasteiger partial charge in [0.1, 0.15) is 11.2 Å². The minimum Gasteiger partial charge on any atom is -0.454 e. The highest BCUT2D eigenvalue weighted by Gasteiger charge is 2.23. The molecule has 0 aliphatic carbocycles. The van der Waals surface area contributed by atoms with E-state index >= 15 is 0 Å². The van der Waals surface area contributed by atoms with Gasteiger partial charge in [0.15, 0.2) is 11.2 Å². The number of para-hydroxylation sites is 5. The van der Waals surface area contributed by atoms with Crippen LogP contribution in [0.3, 0.4) is 0 Å². The molecule has 10 aromatic rings. The van der Waals surface area contributed by atoms with E-state index in [-0.39, 0.29) is 0 Å². The van der Waals surface area contributed by atoms with Gasteiger partial charge in [-0.05, 0) is 60.2 Å². The summed E-state index contributed by atoms with van der Waals surface area (Å²) >= 11 is 0. The van der Waals surface area contributed by atoms with Crippen LogP contribution in [0.2, 0.25) is 0 Å². The van der Waals surface area contributed by atoms with Gasteiger partial charge in [-0.25, -0.2) is 0 Å². The van der Waals surface area contributed by atoms with Crippen molar-refractivity contribution in [3.05, 3.63) is 170 Å². The fourth-order valence-corrected chi connectivity index (χ4v) is 7.23. The molecule has 10 rings (SSSR count). The van der Waals surface area contributed by atoms with Crippen LogP contribution in [-0.2, 0) is 0 Å². The van der Waals surface area contributed by atoms with Crippen LogP contribution in [0.15, 0.2) is 179 Å². The smallest absolute Gasteiger partial charge is 0.159 e. The van der Waals surface area contributed by atoms with Crippen molar-refractivity contribution in [1.82, 2.24) is 4.57 Å². The number of furan rings is 2. The summed E-state index contributed by atoms with van der Waals surface area (Å²) < 4.78 is 15.5. The van der Waals surface area contributed by atoms with Gasteiger partial charge in [-0.2, -0.15) is 0 Å². The van der Waals surface area contributed by atoms with Crippen LogP contribution < -0.4 is 4.90 Å². The molecule has 0 unspecified atom stereocenters. The average Bonchev–Trinajstić information content (AvgIpc) is 3.85. The molecule has 0 saturated heterocycles. The Hall–Kier alpha value is -6.52. The highest BCUT2D eigenvalue weighted by molar-refractivity contribution is 6.13. The molecule has 7 aromatic carbocycles. The van der Waals surface area contributed by atoms with Gasteiger partial charge in [0.05, 0.1) is 16.9 Å². The first-order valence-corrected chi connectivity index (χ1v) is 16.2.